The van der Waals surface area contributed by atoms with Crippen LogP contribution in [0.15, 0.2) is 0 Å². The summed E-state index contributed by atoms with van der Waals surface area (Å²) in [6.07, 6.45) is 31.2. The number of rotatable bonds is 36. The van der Waals surface area contributed by atoms with Crippen LogP contribution in [0.25, 0.3) is 0 Å². The second kappa shape index (κ2) is 35.2. The van der Waals surface area contributed by atoms with Crippen LogP contribution < -0.4 is 0 Å². The molecule has 1 unspecified atom stereocenters. The third kappa shape index (κ3) is 34.3. The molecule has 0 saturated heterocycles. The van der Waals surface area contributed by atoms with E-state index in [4.69, 9.17) is 14.2 Å². The van der Waals surface area contributed by atoms with Crippen molar-refractivity contribution in [1.29, 1.82) is 0 Å². The largest absolute Gasteiger partial charge is 0.462 e. The summed E-state index contributed by atoms with van der Waals surface area (Å²) in [5.41, 5.74) is 0. The number of carbonyl (C=O) groups excluding carboxylic acids is 3. The molecule has 0 radical (unpaired) electrons. The molecule has 0 saturated carbocycles. The lowest BCUT2D eigenvalue weighted by Crippen LogP contribution is -2.30. The highest BCUT2D eigenvalue weighted by Crippen LogP contribution is 2.16. The molecule has 0 aliphatic carbocycles. The molecule has 0 rings (SSSR count). The van der Waals surface area contributed by atoms with E-state index in [-0.39, 0.29) is 31.1 Å². The van der Waals surface area contributed by atoms with Crippen LogP contribution in [-0.2, 0) is 28.6 Å². The van der Waals surface area contributed by atoms with Crippen LogP contribution in [0.1, 0.15) is 221 Å². The van der Waals surface area contributed by atoms with Gasteiger partial charge in [0, 0.05) is 19.3 Å². The summed E-state index contributed by atoms with van der Waals surface area (Å²) in [5.74, 6) is 0.764. The zero-order valence-electron chi connectivity index (χ0n) is 32.6. The van der Waals surface area contributed by atoms with Gasteiger partial charge in [-0.1, -0.05) is 182 Å². The Labute approximate surface area is 298 Å². The quantitative estimate of drug-likeness (QED) is 0.0372. The van der Waals surface area contributed by atoms with Crippen molar-refractivity contribution in [3.05, 3.63) is 0 Å². The van der Waals surface area contributed by atoms with Crippen molar-refractivity contribution in [2.45, 2.75) is 227 Å². The van der Waals surface area contributed by atoms with Gasteiger partial charge in [-0.2, -0.15) is 0 Å². The second-order valence-corrected chi connectivity index (χ2v) is 15.0. The Hall–Kier alpha value is -1.59. The molecular weight excluding hydrogens is 600 g/mol. The van der Waals surface area contributed by atoms with Crippen LogP contribution >= 0.6 is 0 Å². The van der Waals surface area contributed by atoms with E-state index >= 15 is 0 Å². The van der Waals surface area contributed by atoms with Crippen molar-refractivity contribution in [2.75, 3.05) is 13.2 Å². The summed E-state index contributed by atoms with van der Waals surface area (Å²) < 4.78 is 16.5. The summed E-state index contributed by atoms with van der Waals surface area (Å²) in [5, 5.41) is 0. The normalized spacial score (nSPS) is 12.6. The fourth-order valence-electron chi connectivity index (χ4n) is 6.01. The van der Waals surface area contributed by atoms with Crippen LogP contribution in [0.4, 0.5) is 0 Å². The summed E-state index contributed by atoms with van der Waals surface area (Å²) in [4.78, 5) is 37.3. The zero-order valence-corrected chi connectivity index (χ0v) is 32.6. The third-order valence-electron chi connectivity index (χ3n) is 9.58. The topological polar surface area (TPSA) is 78.9 Å². The van der Waals surface area contributed by atoms with Crippen LogP contribution in [0.2, 0.25) is 0 Å². The zero-order chi connectivity index (χ0) is 35.5. The fraction of sp³-hybridized carbons (Fsp3) is 0.929. The Morgan fingerprint density at radius 2 is 0.792 bits per heavy atom. The monoisotopic (exact) mass is 681 g/mol. The van der Waals surface area contributed by atoms with Gasteiger partial charge in [0.15, 0.2) is 6.10 Å². The van der Waals surface area contributed by atoms with Crippen LogP contribution in [0.3, 0.4) is 0 Å². The number of carbonyl (C=O) groups is 3. The maximum Gasteiger partial charge on any atom is 0.306 e. The van der Waals surface area contributed by atoms with Gasteiger partial charge in [-0.05, 0) is 31.1 Å². The fourth-order valence-corrected chi connectivity index (χ4v) is 6.01. The van der Waals surface area contributed by atoms with Crippen molar-refractivity contribution in [3.8, 4) is 0 Å². The first-order valence-electron chi connectivity index (χ1n) is 20.8. The predicted octanol–water partition coefficient (Wildman–Crippen LogP) is 12.6. The van der Waals surface area contributed by atoms with Gasteiger partial charge in [0.25, 0.3) is 0 Å². The Morgan fingerprint density at radius 3 is 1.19 bits per heavy atom. The number of unbranched alkanes of at least 4 members (excludes halogenated alkanes) is 20. The lowest BCUT2D eigenvalue weighted by molar-refractivity contribution is -0.167. The highest BCUT2D eigenvalue weighted by atomic mass is 16.6. The molecule has 0 fully saturated rings. The number of hydrogen-bond acceptors (Lipinski definition) is 6. The van der Waals surface area contributed by atoms with Gasteiger partial charge >= 0.3 is 17.9 Å². The lowest BCUT2D eigenvalue weighted by atomic mass is 10.00. The minimum absolute atomic E-state index is 0.0672. The molecular formula is C42H80O6. The van der Waals surface area contributed by atoms with Gasteiger partial charge in [0.2, 0.25) is 0 Å². The molecule has 6 nitrogen and oxygen atoms in total. The molecule has 6 heteroatoms. The highest BCUT2D eigenvalue weighted by molar-refractivity contribution is 5.71. The molecule has 0 aromatic carbocycles. The number of hydrogen-bond donors (Lipinski definition) is 0. The van der Waals surface area contributed by atoms with Crippen molar-refractivity contribution in [3.63, 3.8) is 0 Å². The summed E-state index contributed by atoms with van der Waals surface area (Å²) in [6.45, 7) is 11.2. The van der Waals surface area contributed by atoms with Gasteiger partial charge in [0.1, 0.15) is 13.2 Å². The smallest absolute Gasteiger partial charge is 0.306 e. The molecule has 48 heavy (non-hydrogen) atoms. The molecule has 0 aliphatic rings. The Morgan fingerprint density at radius 1 is 0.438 bits per heavy atom. The first kappa shape index (κ1) is 46.4. The average Bonchev–Trinajstić information content (AvgIpc) is 3.06. The third-order valence-corrected chi connectivity index (χ3v) is 9.58. The molecule has 0 spiro atoms. The maximum atomic E-state index is 12.6. The maximum absolute atomic E-state index is 12.6. The van der Waals surface area contributed by atoms with Crippen molar-refractivity contribution < 1.29 is 28.6 Å². The number of ether oxygens (including phenoxy) is 3. The summed E-state index contributed by atoms with van der Waals surface area (Å²) >= 11 is 0. The first-order chi connectivity index (χ1) is 23.3. The molecule has 2 atom stereocenters. The Bertz CT molecular complexity index is 736. The predicted molar refractivity (Wildman–Crippen MR) is 201 cm³/mol. The van der Waals surface area contributed by atoms with E-state index in [0.29, 0.717) is 19.3 Å². The Kier molecular flexibility index (Phi) is 34.1. The molecule has 0 bridgehead atoms. The molecule has 0 N–H and O–H groups in total. The minimum atomic E-state index is -0.758. The van der Waals surface area contributed by atoms with Crippen molar-refractivity contribution in [2.24, 2.45) is 11.8 Å². The van der Waals surface area contributed by atoms with Crippen molar-refractivity contribution in [1.82, 2.24) is 0 Å². The minimum Gasteiger partial charge on any atom is -0.462 e. The molecule has 0 amide bonds. The van der Waals surface area contributed by atoms with Gasteiger partial charge in [-0.15, -0.1) is 0 Å². The average molecular weight is 681 g/mol. The van der Waals surface area contributed by atoms with Gasteiger partial charge in [-0.3, -0.25) is 14.4 Å². The highest BCUT2D eigenvalue weighted by Gasteiger charge is 2.19. The van der Waals surface area contributed by atoms with Crippen LogP contribution in [-0.4, -0.2) is 37.2 Å². The van der Waals surface area contributed by atoms with Gasteiger partial charge in [0.05, 0.1) is 0 Å². The molecule has 284 valence electrons. The molecule has 0 aliphatic heterocycles. The van der Waals surface area contributed by atoms with E-state index < -0.39 is 6.10 Å². The van der Waals surface area contributed by atoms with Crippen LogP contribution in [0.5, 0.6) is 0 Å². The van der Waals surface area contributed by atoms with Gasteiger partial charge in [-0.25, -0.2) is 0 Å². The Balaban J connectivity index is 4.21. The number of esters is 3. The van der Waals surface area contributed by atoms with E-state index in [2.05, 4.69) is 34.6 Å². The van der Waals surface area contributed by atoms with E-state index in [0.717, 1.165) is 76.0 Å². The summed E-state index contributed by atoms with van der Waals surface area (Å²) in [7, 11) is 0. The van der Waals surface area contributed by atoms with Gasteiger partial charge < -0.3 is 14.2 Å². The van der Waals surface area contributed by atoms with E-state index in [1.165, 1.54) is 103 Å². The molecule has 0 aromatic heterocycles. The first-order valence-corrected chi connectivity index (χ1v) is 20.8. The summed E-state index contributed by atoms with van der Waals surface area (Å²) in [6, 6.07) is 0. The van der Waals surface area contributed by atoms with Crippen molar-refractivity contribution >= 4 is 17.9 Å². The van der Waals surface area contributed by atoms with E-state index in [9.17, 15) is 14.4 Å². The van der Waals surface area contributed by atoms with E-state index in [1.807, 2.05) is 0 Å². The SMILES string of the molecule is CCCCCCCC(=O)OC[C@H](COC(=O)CCCCCCCCCCCCCCC(C)C)OC(=O)CCCCCCCCC(C)CC. The second-order valence-electron chi connectivity index (χ2n) is 15.0. The molecule has 0 aromatic rings. The van der Waals surface area contributed by atoms with E-state index in [1.54, 1.807) is 0 Å². The standard InChI is InChI=1S/C42H80O6/c1-6-8-9-20-27-32-40(43)46-35-39(48-42(45)34-29-24-19-18-22-26-31-38(5)7-2)36-47-41(44)33-28-23-17-15-13-11-10-12-14-16-21-25-30-37(3)4/h37-39H,6-36H2,1-5H3/t38?,39-/m1/s1. The molecule has 0 heterocycles. The van der Waals surface area contributed by atoms with Crippen LogP contribution in [0, 0.1) is 11.8 Å². The lowest BCUT2D eigenvalue weighted by Gasteiger charge is -2.18.